The molecule has 0 amide bonds. The van der Waals surface area contributed by atoms with E-state index in [1.54, 1.807) is 7.11 Å². The molecular weight excluding hydrogens is 186 g/mol. The van der Waals surface area contributed by atoms with Crippen LogP contribution in [0.3, 0.4) is 0 Å². The summed E-state index contributed by atoms with van der Waals surface area (Å²) in [5.74, 6) is 2.59. The molecule has 1 aliphatic rings. The van der Waals surface area contributed by atoms with Gasteiger partial charge in [-0.2, -0.15) is 0 Å². The summed E-state index contributed by atoms with van der Waals surface area (Å²) < 4.78 is 5.26. The highest BCUT2D eigenvalue weighted by molar-refractivity contribution is 5.39. The van der Waals surface area contributed by atoms with Crippen LogP contribution in [0, 0.1) is 12.8 Å². The van der Waals surface area contributed by atoms with Crippen LogP contribution in [0.4, 0.5) is 0 Å². The first-order valence-corrected chi connectivity index (χ1v) is 5.55. The molecule has 0 saturated heterocycles. The van der Waals surface area contributed by atoms with E-state index in [1.165, 1.54) is 17.5 Å². The number of aryl methyl sites for hydroxylation is 1. The molecule has 15 heavy (non-hydrogen) atoms. The Morgan fingerprint density at radius 3 is 2.87 bits per heavy atom. The van der Waals surface area contributed by atoms with E-state index in [0.29, 0.717) is 0 Å². The smallest absolute Gasteiger partial charge is 0.121 e. The molecule has 0 spiro atoms. The molecule has 1 fully saturated rings. The second-order valence-electron chi connectivity index (χ2n) is 4.39. The molecule has 82 valence electrons. The minimum atomic E-state index is 0.766. The standard InChI is InChI=1S/C13H19NO/c1-9-6-10(4-5-13(9)15-3)12-7-11(12)8-14-2/h4-6,11-12,14H,7-8H2,1-3H3. The van der Waals surface area contributed by atoms with Gasteiger partial charge in [-0.3, -0.25) is 0 Å². The number of benzene rings is 1. The van der Waals surface area contributed by atoms with Crippen molar-refractivity contribution in [3.8, 4) is 5.75 Å². The number of methoxy groups -OCH3 is 1. The topological polar surface area (TPSA) is 21.3 Å². The van der Waals surface area contributed by atoms with Gasteiger partial charge in [0, 0.05) is 0 Å². The highest BCUT2D eigenvalue weighted by atomic mass is 16.5. The van der Waals surface area contributed by atoms with Crippen LogP contribution < -0.4 is 10.1 Å². The van der Waals surface area contributed by atoms with Crippen molar-refractivity contribution in [2.75, 3.05) is 20.7 Å². The van der Waals surface area contributed by atoms with E-state index in [2.05, 4.69) is 30.4 Å². The van der Waals surface area contributed by atoms with Gasteiger partial charge < -0.3 is 10.1 Å². The van der Waals surface area contributed by atoms with Crippen LogP contribution in [0.2, 0.25) is 0 Å². The lowest BCUT2D eigenvalue weighted by atomic mass is 10.1. The van der Waals surface area contributed by atoms with Crippen LogP contribution in [0.25, 0.3) is 0 Å². The Morgan fingerprint density at radius 1 is 1.47 bits per heavy atom. The van der Waals surface area contributed by atoms with E-state index in [4.69, 9.17) is 4.74 Å². The summed E-state index contributed by atoms with van der Waals surface area (Å²) >= 11 is 0. The Bertz CT molecular complexity index is 348. The largest absolute Gasteiger partial charge is 0.496 e. The normalized spacial score (nSPS) is 23.9. The van der Waals surface area contributed by atoms with E-state index >= 15 is 0 Å². The Hall–Kier alpha value is -1.02. The first kappa shape index (κ1) is 10.5. The fourth-order valence-corrected chi connectivity index (χ4v) is 2.28. The molecule has 1 aromatic rings. The number of rotatable bonds is 4. The number of ether oxygens (including phenoxy) is 1. The summed E-state index contributed by atoms with van der Waals surface area (Å²) in [7, 11) is 3.75. The number of nitrogens with one attached hydrogen (secondary N) is 1. The fourth-order valence-electron chi connectivity index (χ4n) is 2.28. The van der Waals surface area contributed by atoms with E-state index < -0.39 is 0 Å². The third kappa shape index (κ3) is 2.15. The molecule has 0 heterocycles. The van der Waals surface area contributed by atoms with Crippen LogP contribution >= 0.6 is 0 Å². The van der Waals surface area contributed by atoms with Crippen molar-refractivity contribution in [2.24, 2.45) is 5.92 Å². The summed E-state index contributed by atoms with van der Waals surface area (Å²) in [5, 5.41) is 3.24. The van der Waals surface area contributed by atoms with Crippen LogP contribution in [0.5, 0.6) is 5.75 Å². The molecule has 0 bridgehead atoms. The summed E-state index contributed by atoms with van der Waals surface area (Å²) in [5.41, 5.74) is 2.71. The Balaban J connectivity index is 2.08. The zero-order valence-electron chi connectivity index (χ0n) is 9.71. The maximum absolute atomic E-state index is 5.26. The van der Waals surface area contributed by atoms with Crippen molar-refractivity contribution in [3.63, 3.8) is 0 Å². The SMILES string of the molecule is CNCC1CC1c1ccc(OC)c(C)c1. The molecule has 0 aromatic heterocycles. The molecule has 2 atom stereocenters. The van der Waals surface area contributed by atoms with Crippen molar-refractivity contribution in [2.45, 2.75) is 19.3 Å². The number of hydrogen-bond acceptors (Lipinski definition) is 2. The fraction of sp³-hybridized carbons (Fsp3) is 0.538. The second-order valence-corrected chi connectivity index (χ2v) is 4.39. The average molecular weight is 205 g/mol. The lowest BCUT2D eigenvalue weighted by Gasteiger charge is -2.07. The minimum Gasteiger partial charge on any atom is -0.496 e. The third-order valence-electron chi connectivity index (χ3n) is 3.24. The van der Waals surface area contributed by atoms with Crippen molar-refractivity contribution >= 4 is 0 Å². The van der Waals surface area contributed by atoms with Crippen LogP contribution in [-0.4, -0.2) is 20.7 Å². The van der Waals surface area contributed by atoms with E-state index in [0.717, 1.165) is 24.1 Å². The summed E-state index contributed by atoms with van der Waals surface area (Å²) in [6.45, 7) is 3.24. The first-order valence-electron chi connectivity index (χ1n) is 5.55. The zero-order valence-corrected chi connectivity index (χ0v) is 9.71. The molecule has 0 radical (unpaired) electrons. The van der Waals surface area contributed by atoms with Crippen molar-refractivity contribution in [1.82, 2.24) is 5.32 Å². The molecule has 1 N–H and O–H groups in total. The molecule has 2 heteroatoms. The van der Waals surface area contributed by atoms with Crippen molar-refractivity contribution < 1.29 is 4.74 Å². The molecule has 0 aliphatic heterocycles. The Kier molecular flexibility index (Phi) is 2.96. The number of hydrogen-bond donors (Lipinski definition) is 1. The summed E-state index contributed by atoms with van der Waals surface area (Å²) in [4.78, 5) is 0. The predicted molar refractivity (Wildman–Crippen MR) is 62.5 cm³/mol. The van der Waals surface area contributed by atoms with Gasteiger partial charge in [0.05, 0.1) is 7.11 Å². The molecule has 2 unspecified atom stereocenters. The van der Waals surface area contributed by atoms with Gasteiger partial charge in [-0.05, 0) is 56.0 Å². The maximum atomic E-state index is 5.26. The highest BCUT2D eigenvalue weighted by Gasteiger charge is 2.37. The van der Waals surface area contributed by atoms with Crippen LogP contribution in [0.1, 0.15) is 23.5 Å². The zero-order chi connectivity index (χ0) is 10.8. The van der Waals surface area contributed by atoms with E-state index in [-0.39, 0.29) is 0 Å². The van der Waals surface area contributed by atoms with Gasteiger partial charge in [-0.15, -0.1) is 0 Å². The van der Waals surface area contributed by atoms with Gasteiger partial charge >= 0.3 is 0 Å². The predicted octanol–water partition coefficient (Wildman–Crippen LogP) is 2.33. The molecule has 1 aliphatic carbocycles. The Morgan fingerprint density at radius 2 is 2.27 bits per heavy atom. The van der Waals surface area contributed by atoms with Gasteiger partial charge in [0.2, 0.25) is 0 Å². The lowest BCUT2D eigenvalue weighted by Crippen LogP contribution is -2.10. The average Bonchev–Trinajstić information content (AvgIpc) is 2.98. The van der Waals surface area contributed by atoms with Crippen LogP contribution in [0.15, 0.2) is 18.2 Å². The van der Waals surface area contributed by atoms with Gasteiger partial charge in [-0.1, -0.05) is 12.1 Å². The van der Waals surface area contributed by atoms with Gasteiger partial charge in [-0.25, -0.2) is 0 Å². The lowest BCUT2D eigenvalue weighted by molar-refractivity contribution is 0.411. The van der Waals surface area contributed by atoms with Crippen LogP contribution in [-0.2, 0) is 0 Å². The monoisotopic (exact) mass is 205 g/mol. The van der Waals surface area contributed by atoms with E-state index in [9.17, 15) is 0 Å². The molecule has 1 saturated carbocycles. The highest BCUT2D eigenvalue weighted by Crippen LogP contribution is 2.47. The van der Waals surface area contributed by atoms with Crippen molar-refractivity contribution in [1.29, 1.82) is 0 Å². The minimum absolute atomic E-state index is 0.766. The van der Waals surface area contributed by atoms with E-state index in [1.807, 2.05) is 7.05 Å². The summed E-state index contributed by atoms with van der Waals surface area (Å²) in [6, 6.07) is 6.55. The quantitative estimate of drug-likeness (QED) is 0.814. The van der Waals surface area contributed by atoms with Gasteiger partial charge in [0.1, 0.15) is 5.75 Å². The van der Waals surface area contributed by atoms with Crippen molar-refractivity contribution in [3.05, 3.63) is 29.3 Å². The second kappa shape index (κ2) is 4.23. The van der Waals surface area contributed by atoms with Gasteiger partial charge in [0.15, 0.2) is 0 Å². The maximum Gasteiger partial charge on any atom is 0.121 e. The molecule has 2 rings (SSSR count). The third-order valence-corrected chi connectivity index (χ3v) is 3.24. The molecular formula is C13H19NO. The van der Waals surface area contributed by atoms with Gasteiger partial charge in [0.25, 0.3) is 0 Å². The summed E-state index contributed by atoms with van der Waals surface area (Å²) in [6.07, 6.45) is 1.33. The first-order chi connectivity index (χ1) is 7.26. The molecule has 2 nitrogen and oxygen atoms in total. The Labute approximate surface area is 91.6 Å². The molecule has 1 aromatic carbocycles.